The molecule has 3 heterocycles. The number of alkyl halides is 2. The van der Waals surface area contributed by atoms with Crippen LogP contribution in [-0.4, -0.2) is 97.2 Å². The average molecular weight is 580 g/mol. The van der Waals surface area contributed by atoms with Crippen LogP contribution >= 0.6 is 0 Å². The van der Waals surface area contributed by atoms with Crippen LogP contribution in [0.1, 0.15) is 24.4 Å². The zero-order valence-electron chi connectivity index (χ0n) is 22.2. The van der Waals surface area contributed by atoms with Crippen molar-refractivity contribution < 1.29 is 31.1 Å². The molecule has 1 atom stereocenters. The van der Waals surface area contributed by atoms with Crippen LogP contribution in [-0.2, 0) is 14.9 Å². The van der Waals surface area contributed by atoms with Gasteiger partial charge in [0.25, 0.3) is 10.2 Å². The van der Waals surface area contributed by atoms with Crippen LogP contribution in [0.3, 0.4) is 0 Å². The fourth-order valence-electron chi connectivity index (χ4n) is 6.00. The second-order valence-corrected chi connectivity index (χ2v) is 12.6. The second-order valence-electron chi connectivity index (χ2n) is 10.7. The molecule has 2 saturated heterocycles. The summed E-state index contributed by atoms with van der Waals surface area (Å²) in [4.78, 5) is 2.11. The molecule has 2 aromatic carbocycles. The minimum atomic E-state index is -3.73. The summed E-state index contributed by atoms with van der Waals surface area (Å²) >= 11 is 0. The lowest BCUT2D eigenvalue weighted by Gasteiger charge is -2.46. The van der Waals surface area contributed by atoms with E-state index in [1.165, 1.54) is 20.7 Å². The molecule has 13 heteroatoms. The van der Waals surface area contributed by atoms with Crippen molar-refractivity contribution in [2.75, 3.05) is 59.6 Å². The van der Waals surface area contributed by atoms with Crippen LogP contribution in [0, 0.1) is 11.7 Å². The van der Waals surface area contributed by atoms with Crippen molar-refractivity contribution in [1.82, 2.24) is 23.3 Å². The second kappa shape index (κ2) is 10.6. The van der Waals surface area contributed by atoms with E-state index in [1.54, 1.807) is 30.1 Å². The smallest absolute Gasteiger partial charge is 0.282 e. The van der Waals surface area contributed by atoms with E-state index < -0.39 is 22.2 Å². The lowest BCUT2D eigenvalue weighted by molar-refractivity contribution is -0.120. The molecule has 3 fully saturated rings. The largest absolute Gasteiger partial charge is 0.496 e. The van der Waals surface area contributed by atoms with Crippen molar-refractivity contribution in [3.05, 3.63) is 54.0 Å². The molecule has 0 amide bonds. The molecule has 1 aliphatic carbocycles. The van der Waals surface area contributed by atoms with Gasteiger partial charge in [-0.25, -0.2) is 17.9 Å². The molecule has 1 saturated carbocycles. The Kier molecular flexibility index (Phi) is 7.28. The van der Waals surface area contributed by atoms with Crippen LogP contribution in [0.25, 0.3) is 16.6 Å². The highest BCUT2D eigenvalue weighted by atomic mass is 32.2. The first-order chi connectivity index (χ1) is 19.1. The van der Waals surface area contributed by atoms with Crippen molar-refractivity contribution in [3.8, 4) is 11.4 Å². The van der Waals surface area contributed by atoms with E-state index in [0.717, 1.165) is 16.5 Å². The van der Waals surface area contributed by atoms with E-state index in [1.807, 2.05) is 12.1 Å². The summed E-state index contributed by atoms with van der Waals surface area (Å²) in [5.74, 6) is -2.60. The normalized spacial score (nSPS) is 23.4. The number of morpholine rings is 1. The molecule has 2 aliphatic heterocycles. The van der Waals surface area contributed by atoms with Gasteiger partial charge in [-0.05, 0) is 36.2 Å². The predicted molar refractivity (Wildman–Crippen MR) is 142 cm³/mol. The number of piperazine rings is 1. The summed E-state index contributed by atoms with van der Waals surface area (Å²) < 4.78 is 83.7. The van der Waals surface area contributed by atoms with E-state index in [9.17, 15) is 21.6 Å². The zero-order chi connectivity index (χ0) is 28.1. The number of ether oxygens (including phenoxy) is 2. The molecule has 1 unspecified atom stereocenters. The van der Waals surface area contributed by atoms with E-state index in [-0.39, 0.29) is 37.7 Å². The third-order valence-electron chi connectivity index (χ3n) is 8.09. The van der Waals surface area contributed by atoms with Crippen molar-refractivity contribution >= 4 is 21.1 Å². The first-order valence-corrected chi connectivity index (χ1v) is 14.8. The molecule has 216 valence electrons. The van der Waals surface area contributed by atoms with Gasteiger partial charge in [0.15, 0.2) is 0 Å². The molecule has 0 radical (unpaired) electrons. The van der Waals surface area contributed by atoms with Gasteiger partial charge in [0.05, 0.1) is 43.8 Å². The van der Waals surface area contributed by atoms with E-state index in [2.05, 4.69) is 10.00 Å². The number of nitrogens with zero attached hydrogens (tertiary/aromatic N) is 5. The molecular weight excluding hydrogens is 547 g/mol. The number of fused-ring (bicyclic) bond motifs is 1. The van der Waals surface area contributed by atoms with Gasteiger partial charge in [-0.15, -0.1) is 0 Å². The number of benzene rings is 2. The van der Waals surface area contributed by atoms with Gasteiger partial charge >= 0.3 is 0 Å². The average Bonchev–Trinajstić information content (AvgIpc) is 3.35. The highest BCUT2D eigenvalue weighted by Gasteiger charge is 2.47. The van der Waals surface area contributed by atoms with Gasteiger partial charge in [0.2, 0.25) is 5.92 Å². The highest BCUT2D eigenvalue weighted by Crippen LogP contribution is 2.45. The third kappa shape index (κ3) is 5.20. The predicted octanol–water partition coefficient (Wildman–Crippen LogP) is 3.45. The number of hydrogen-bond donors (Lipinski definition) is 0. The molecular formula is C27H32F3N5O4S. The Morgan fingerprint density at radius 2 is 1.77 bits per heavy atom. The molecule has 0 N–H and O–H groups in total. The molecule has 6 rings (SSSR count). The lowest BCUT2D eigenvalue weighted by atomic mass is 9.80. The standard InChI is InChI=1S/C27H32F3N5O4S/c1-38-26-13-24-20(16-31-35(24)22-4-2-21(28)3-5-22)12-23(26)25-18-34(40(36,37)33-8-10-39-11-9-33)7-6-32(25)17-19-14-27(29,30)15-19/h2-5,12-13,16,19,25H,6-11,14-15,17-18H2,1H3. The maximum absolute atomic E-state index is 13.7. The quantitative estimate of drug-likeness (QED) is 0.427. The summed E-state index contributed by atoms with van der Waals surface area (Å²) in [6, 6.07) is 9.35. The van der Waals surface area contributed by atoms with Crippen molar-refractivity contribution in [2.45, 2.75) is 24.8 Å². The number of hydrogen-bond acceptors (Lipinski definition) is 6. The Bertz CT molecular complexity index is 1470. The summed E-state index contributed by atoms with van der Waals surface area (Å²) in [5.41, 5.74) is 2.19. The van der Waals surface area contributed by atoms with Crippen molar-refractivity contribution in [3.63, 3.8) is 0 Å². The van der Waals surface area contributed by atoms with Gasteiger partial charge in [0, 0.05) is 69.1 Å². The topological polar surface area (TPSA) is 80.1 Å². The van der Waals surface area contributed by atoms with Crippen LogP contribution < -0.4 is 4.74 Å². The van der Waals surface area contributed by atoms with E-state index in [0.29, 0.717) is 50.8 Å². The number of methoxy groups -OCH3 is 1. The van der Waals surface area contributed by atoms with Gasteiger partial charge in [-0.2, -0.15) is 22.1 Å². The maximum Gasteiger partial charge on any atom is 0.282 e. The Morgan fingerprint density at radius 3 is 2.45 bits per heavy atom. The molecule has 0 spiro atoms. The van der Waals surface area contributed by atoms with Gasteiger partial charge in [-0.1, -0.05) is 0 Å². The molecule has 40 heavy (non-hydrogen) atoms. The van der Waals surface area contributed by atoms with Gasteiger partial charge in [-0.3, -0.25) is 4.90 Å². The zero-order valence-corrected chi connectivity index (χ0v) is 23.0. The first kappa shape index (κ1) is 27.5. The Hall–Kier alpha value is -2.71. The molecule has 3 aromatic rings. The molecule has 9 nitrogen and oxygen atoms in total. The fraction of sp³-hybridized carbons (Fsp3) is 0.519. The summed E-state index contributed by atoms with van der Waals surface area (Å²) in [6.07, 6.45) is 1.38. The maximum atomic E-state index is 13.7. The lowest BCUT2D eigenvalue weighted by Crippen LogP contribution is -2.57. The SMILES string of the molecule is COc1cc2c(cnn2-c2ccc(F)cc2)cc1C1CN(S(=O)(=O)N2CCOCC2)CCN1CC1CC(F)(F)C1. The third-order valence-corrected chi connectivity index (χ3v) is 10.1. The number of halogens is 3. The monoisotopic (exact) mass is 579 g/mol. The summed E-state index contributed by atoms with van der Waals surface area (Å²) in [5, 5.41) is 5.29. The van der Waals surface area contributed by atoms with Crippen LogP contribution in [0.15, 0.2) is 42.6 Å². The van der Waals surface area contributed by atoms with Crippen LogP contribution in [0.4, 0.5) is 13.2 Å². The van der Waals surface area contributed by atoms with Crippen molar-refractivity contribution in [1.29, 1.82) is 0 Å². The number of aromatic nitrogens is 2. The molecule has 1 aromatic heterocycles. The van der Waals surface area contributed by atoms with Crippen molar-refractivity contribution in [2.24, 2.45) is 5.92 Å². The summed E-state index contributed by atoms with van der Waals surface area (Å²) in [7, 11) is -2.19. The minimum Gasteiger partial charge on any atom is -0.496 e. The van der Waals surface area contributed by atoms with Gasteiger partial charge in [0.1, 0.15) is 11.6 Å². The number of rotatable bonds is 7. The Morgan fingerprint density at radius 1 is 1.05 bits per heavy atom. The minimum absolute atomic E-state index is 0.157. The van der Waals surface area contributed by atoms with Gasteiger partial charge < -0.3 is 9.47 Å². The van der Waals surface area contributed by atoms with E-state index >= 15 is 0 Å². The van der Waals surface area contributed by atoms with Crippen LogP contribution in [0.5, 0.6) is 5.75 Å². The molecule has 3 aliphatic rings. The summed E-state index contributed by atoms with van der Waals surface area (Å²) in [6.45, 7) is 2.57. The molecule has 0 bridgehead atoms. The van der Waals surface area contributed by atoms with Crippen LogP contribution in [0.2, 0.25) is 0 Å². The van der Waals surface area contributed by atoms with E-state index in [4.69, 9.17) is 9.47 Å². The Labute approximate surface area is 231 Å². The first-order valence-electron chi connectivity index (χ1n) is 13.4. The highest BCUT2D eigenvalue weighted by molar-refractivity contribution is 7.86. The Balaban J connectivity index is 1.35. The fourth-order valence-corrected chi connectivity index (χ4v) is 7.58.